The van der Waals surface area contributed by atoms with E-state index in [1.807, 2.05) is 0 Å². The van der Waals surface area contributed by atoms with Gasteiger partial charge in [0.15, 0.2) is 0 Å². The molecule has 3 N–H and O–H groups in total. The Kier molecular flexibility index (Phi) is 7.89. The number of aromatic nitrogens is 1. The van der Waals surface area contributed by atoms with E-state index in [1.54, 1.807) is 18.3 Å². The molecule has 0 saturated carbocycles. The summed E-state index contributed by atoms with van der Waals surface area (Å²) in [5.41, 5.74) is 0.378. The summed E-state index contributed by atoms with van der Waals surface area (Å²) in [4.78, 5) is 28.6. The SMILES string of the molecule is COc1ncccc1C(=O)NCCC1CCN(S(=O)(=O)NC(=O)NC[C@H]2C[C@@H]3CC[C@@H]2O3)CC1. The van der Waals surface area contributed by atoms with Crippen molar-refractivity contribution in [1.82, 2.24) is 24.6 Å². The van der Waals surface area contributed by atoms with Gasteiger partial charge in [0.2, 0.25) is 5.88 Å². The average molecular weight is 496 g/mol. The summed E-state index contributed by atoms with van der Waals surface area (Å²) in [6.45, 7) is 1.55. The number of nitrogens with zero attached hydrogens (tertiary/aromatic N) is 2. The number of nitrogens with one attached hydrogen (secondary N) is 3. The molecular weight excluding hydrogens is 462 g/mol. The summed E-state index contributed by atoms with van der Waals surface area (Å²) in [6.07, 6.45) is 7.09. The second kappa shape index (κ2) is 10.9. The zero-order valence-corrected chi connectivity index (χ0v) is 20.2. The van der Waals surface area contributed by atoms with E-state index in [0.717, 1.165) is 25.7 Å². The van der Waals surface area contributed by atoms with Crippen molar-refractivity contribution in [3.63, 3.8) is 0 Å². The molecule has 3 saturated heterocycles. The number of carbonyl (C=O) groups is 2. The fraction of sp³-hybridized carbons (Fsp3) is 0.682. The Hall–Kier alpha value is -2.44. The third kappa shape index (κ3) is 5.97. The lowest BCUT2D eigenvalue weighted by molar-refractivity contribution is 0.0927. The predicted molar refractivity (Wildman–Crippen MR) is 123 cm³/mol. The van der Waals surface area contributed by atoms with Crippen LogP contribution in [0.1, 0.15) is 48.9 Å². The molecule has 4 rings (SSSR count). The van der Waals surface area contributed by atoms with E-state index < -0.39 is 16.2 Å². The second-order valence-corrected chi connectivity index (χ2v) is 10.8. The summed E-state index contributed by atoms with van der Waals surface area (Å²) < 4.78 is 39.5. The molecule has 0 radical (unpaired) electrons. The zero-order valence-electron chi connectivity index (χ0n) is 19.4. The minimum atomic E-state index is -3.89. The number of hydrogen-bond donors (Lipinski definition) is 3. The van der Waals surface area contributed by atoms with E-state index in [2.05, 4.69) is 20.3 Å². The van der Waals surface area contributed by atoms with Crippen molar-refractivity contribution >= 4 is 22.1 Å². The molecule has 0 aromatic carbocycles. The average Bonchev–Trinajstić information content (AvgIpc) is 3.46. The number of pyridine rings is 1. The quantitative estimate of drug-likeness (QED) is 0.465. The van der Waals surface area contributed by atoms with Gasteiger partial charge in [-0.3, -0.25) is 4.79 Å². The molecule has 3 atom stereocenters. The first-order valence-corrected chi connectivity index (χ1v) is 13.3. The van der Waals surface area contributed by atoms with Crippen LogP contribution in [-0.2, 0) is 14.9 Å². The van der Waals surface area contributed by atoms with Gasteiger partial charge >= 0.3 is 16.2 Å². The summed E-state index contributed by atoms with van der Waals surface area (Å²) >= 11 is 0. The largest absolute Gasteiger partial charge is 0.480 e. The number of carbonyl (C=O) groups excluding carboxylic acids is 2. The van der Waals surface area contributed by atoms with Crippen LogP contribution >= 0.6 is 0 Å². The number of rotatable bonds is 9. The highest BCUT2D eigenvalue weighted by Crippen LogP contribution is 2.38. The van der Waals surface area contributed by atoms with Crippen LogP contribution in [0.4, 0.5) is 4.79 Å². The minimum Gasteiger partial charge on any atom is -0.480 e. The van der Waals surface area contributed by atoms with Gasteiger partial charge in [-0.25, -0.2) is 14.5 Å². The topological polar surface area (TPSA) is 139 Å². The Balaban J connectivity index is 1.15. The molecule has 3 fully saturated rings. The molecule has 12 heteroatoms. The first-order valence-electron chi connectivity index (χ1n) is 11.8. The molecule has 0 unspecified atom stereocenters. The van der Waals surface area contributed by atoms with Crippen LogP contribution in [-0.4, -0.2) is 75.1 Å². The lowest BCUT2D eigenvalue weighted by Gasteiger charge is -2.31. The molecule has 0 aliphatic carbocycles. The first-order chi connectivity index (χ1) is 16.4. The third-order valence-corrected chi connectivity index (χ3v) is 8.43. The molecule has 3 aliphatic heterocycles. The van der Waals surface area contributed by atoms with Gasteiger partial charge in [0.05, 0.1) is 19.3 Å². The van der Waals surface area contributed by atoms with Gasteiger partial charge in [-0.1, -0.05) is 0 Å². The van der Waals surface area contributed by atoms with Crippen LogP contribution in [0.15, 0.2) is 18.3 Å². The van der Waals surface area contributed by atoms with Crippen molar-refractivity contribution in [3.8, 4) is 5.88 Å². The van der Waals surface area contributed by atoms with Crippen LogP contribution in [0.25, 0.3) is 0 Å². The summed E-state index contributed by atoms with van der Waals surface area (Å²) in [5.74, 6) is 0.563. The number of piperidine rings is 1. The highest BCUT2D eigenvalue weighted by atomic mass is 32.2. The summed E-state index contributed by atoms with van der Waals surface area (Å²) in [5, 5.41) is 5.55. The van der Waals surface area contributed by atoms with Crippen LogP contribution in [0.2, 0.25) is 0 Å². The molecule has 34 heavy (non-hydrogen) atoms. The Labute approximate surface area is 200 Å². The Morgan fingerprint density at radius 1 is 1.21 bits per heavy atom. The van der Waals surface area contributed by atoms with Gasteiger partial charge in [-0.05, 0) is 56.6 Å². The molecular formula is C22H33N5O6S. The summed E-state index contributed by atoms with van der Waals surface area (Å²) in [7, 11) is -2.42. The fourth-order valence-corrected chi connectivity index (χ4v) is 6.18. The van der Waals surface area contributed by atoms with Crippen LogP contribution in [0.5, 0.6) is 5.88 Å². The lowest BCUT2D eigenvalue weighted by Crippen LogP contribution is -2.50. The predicted octanol–water partition coefficient (Wildman–Crippen LogP) is 1.03. The highest BCUT2D eigenvalue weighted by molar-refractivity contribution is 7.87. The van der Waals surface area contributed by atoms with Crippen LogP contribution in [0.3, 0.4) is 0 Å². The van der Waals surface area contributed by atoms with E-state index in [-0.39, 0.29) is 35.8 Å². The molecule has 188 valence electrons. The van der Waals surface area contributed by atoms with E-state index in [4.69, 9.17) is 9.47 Å². The van der Waals surface area contributed by atoms with E-state index in [1.165, 1.54) is 11.4 Å². The third-order valence-electron chi connectivity index (χ3n) is 6.94. The van der Waals surface area contributed by atoms with E-state index >= 15 is 0 Å². The fourth-order valence-electron chi connectivity index (χ4n) is 5.05. The smallest absolute Gasteiger partial charge is 0.329 e. The Morgan fingerprint density at radius 3 is 2.68 bits per heavy atom. The standard InChI is InChI=1S/C22H33N5O6S/c1-32-21-18(3-2-9-24-21)20(28)23-10-6-15-7-11-27(12-8-15)34(30,31)26-22(29)25-14-16-13-17-4-5-19(16)33-17/h2-3,9,15-17,19H,4-8,10-14H2,1H3,(H,23,28)(H2,25,26,29)/t16-,17+,19+/m1/s1. The highest BCUT2D eigenvalue weighted by Gasteiger charge is 2.40. The van der Waals surface area contributed by atoms with Crippen molar-refractivity contribution in [1.29, 1.82) is 0 Å². The molecule has 11 nitrogen and oxygen atoms in total. The maximum absolute atomic E-state index is 12.6. The van der Waals surface area contributed by atoms with Gasteiger partial charge in [0.1, 0.15) is 5.56 Å². The van der Waals surface area contributed by atoms with Crippen LogP contribution in [0, 0.1) is 11.8 Å². The Morgan fingerprint density at radius 2 is 2.00 bits per heavy atom. The molecule has 3 aliphatic rings. The molecule has 2 bridgehead atoms. The minimum absolute atomic E-state index is 0.178. The first kappa shape index (κ1) is 24.7. The van der Waals surface area contributed by atoms with Crippen molar-refractivity contribution in [2.24, 2.45) is 11.8 Å². The molecule has 1 aromatic heterocycles. The number of ether oxygens (including phenoxy) is 2. The van der Waals surface area contributed by atoms with Gasteiger partial charge < -0.3 is 20.1 Å². The second-order valence-electron chi connectivity index (χ2n) is 9.13. The number of urea groups is 1. The van der Waals surface area contributed by atoms with Crippen molar-refractivity contribution < 1.29 is 27.5 Å². The molecule has 4 heterocycles. The molecule has 0 spiro atoms. The number of methoxy groups -OCH3 is 1. The molecule has 3 amide bonds. The maximum atomic E-state index is 12.6. The zero-order chi connectivity index (χ0) is 24.1. The van der Waals surface area contributed by atoms with Gasteiger partial charge in [0, 0.05) is 38.3 Å². The van der Waals surface area contributed by atoms with Gasteiger partial charge in [0.25, 0.3) is 5.91 Å². The van der Waals surface area contributed by atoms with Gasteiger partial charge in [-0.15, -0.1) is 0 Å². The number of hydrogen-bond acceptors (Lipinski definition) is 7. The van der Waals surface area contributed by atoms with E-state index in [9.17, 15) is 18.0 Å². The lowest BCUT2D eigenvalue weighted by atomic mass is 9.89. The number of amides is 3. The Bertz CT molecular complexity index is 982. The van der Waals surface area contributed by atoms with Crippen molar-refractivity contribution in [3.05, 3.63) is 23.9 Å². The van der Waals surface area contributed by atoms with Crippen molar-refractivity contribution in [2.45, 2.75) is 50.7 Å². The monoisotopic (exact) mass is 495 g/mol. The van der Waals surface area contributed by atoms with Crippen LogP contribution < -0.4 is 20.1 Å². The maximum Gasteiger partial charge on any atom is 0.329 e. The van der Waals surface area contributed by atoms with Gasteiger partial charge in [-0.2, -0.15) is 12.7 Å². The molecule has 1 aromatic rings. The number of fused-ring (bicyclic) bond motifs is 2. The van der Waals surface area contributed by atoms with E-state index in [0.29, 0.717) is 44.6 Å². The summed E-state index contributed by atoms with van der Waals surface area (Å²) in [6, 6.07) is 2.63. The normalized spacial score (nSPS) is 25.1. The van der Waals surface area contributed by atoms with Crippen molar-refractivity contribution in [2.75, 3.05) is 33.3 Å².